The molecule has 1 aliphatic heterocycles. The standard InChI is InChI=1S/C13H17N3O/c1-16-13-3-2-12(8-10(13)9-15-16)17-11-4-6-14-7-5-11/h2-3,8-9,11,14H,4-7H2,1H3. The Bertz CT molecular complexity index is 514. The third-order valence-corrected chi connectivity index (χ3v) is 3.31. The Morgan fingerprint density at radius 3 is 3.00 bits per heavy atom. The molecule has 90 valence electrons. The van der Waals surface area contributed by atoms with Crippen LogP contribution in [0.25, 0.3) is 10.9 Å². The van der Waals surface area contributed by atoms with Crippen molar-refractivity contribution in [2.75, 3.05) is 13.1 Å². The first-order valence-electron chi connectivity index (χ1n) is 6.12. The Labute approximate surface area is 101 Å². The number of hydrogen-bond acceptors (Lipinski definition) is 3. The molecule has 0 saturated carbocycles. The molecule has 0 radical (unpaired) electrons. The first-order chi connectivity index (χ1) is 8.33. The van der Waals surface area contributed by atoms with Crippen LogP contribution in [-0.2, 0) is 7.05 Å². The van der Waals surface area contributed by atoms with Crippen LogP contribution in [0.5, 0.6) is 5.75 Å². The zero-order valence-electron chi connectivity index (χ0n) is 10.0. The summed E-state index contributed by atoms with van der Waals surface area (Å²) in [6.07, 6.45) is 4.41. The predicted molar refractivity (Wildman–Crippen MR) is 67.2 cm³/mol. The van der Waals surface area contributed by atoms with E-state index in [2.05, 4.69) is 22.5 Å². The Hall–Kier alpha value is -1.55. The molecular formula is C13H17N3O. The molecule has 0 bridgehead atoms. The number of aromatic nitrogens is 2. The highest BCUT2D eigenvalue weighted by Gasteiger charge is 2.14. The molecule has 2 heterocycles. The van der Waals surface area contributed by atoms with E-state index in [1.807, 2.05) is 24.0 Å². The molecule has 1 N–H and O–H groups in total. The van der Waals surface area contributed by atoms with E-state index in [1.165, 1.54) is 0 Å². The second kappa shape index (κ2) is 4.37. The zero-order chi connectivity index (χ0) is 11.7. The molecule has 0 atom stereocenters. The number of hydrogen-bond donors (Lipinski definition) is 1. The van der Waals surface area contributed by atoms with Crippen molar-refractivity contribution in [2.24, 2.45) is 7.05 Å². The van der Waals surface area contributed by atoms with Gasteiger partial charge in [0.1, 0.15) is 11.9 Å². The summed E-state index contributed by atoms with van der Waals surface area (Å²) in [5.74, 6) is 0.956. The lowest BCUT2D eigenvalue weighted by atomic mass is 10.1. The van der Waals surface area contributed by atoms with E-state index in [9.17, 15) is 0 Å². The summed E-state index contributed by atoms with van der Waals surface area (Å²) in [5.41, 5.74) is 1.14. The molecule has 4 nitrogen and oxygen atoms in total. The normalized spacial score (nSPS) is 17.5. The van der Waals surface area contributed by atoms with Crippen molar-refractivity contribution in [3.8, 4) is 5.75 Å². The van der Waals surface area contributed by atoms with Gasteiger partial charge in [-0.1, -0.05) is 0 Å². The van der Waals surface area contributed by atoms with Crippen molar-refractivity contribution >= 4 is 10.9 Å². The monoisotopic (exact) mass is 231 g/mol. The Kier molecular flexibility index (Phi) is 2.73. The predicted octanol–water partition coefficient (Wildman–Crippen LogP) is 1.70. The SMILES string of the molecule is Cn1ncc2cc(OC3CCNCC3)ccc21. The molecule has 1 aromatic carbocycles. The van der Waals surface area contributed by atoms with Crippen molar-refractivity contribution in [3.05, 3.63) is 24.4 Å². The van der Waals surface area contributed by atoms with E-state index in [0.29, 0.717) is 6.10 Å². The number of piperidine rings is 1. The lowest BCUT2D eigenvalue weighted by molar-refractivity contribution is 0.162. The average molecular weight is 231 g/mol. The van der Waals surface area contributed by atoms with Crippen molar-refractivity contribution in [3.63, 3.8) is 0 Å². The average Bonchev–Trinajstić information content (AvgIpc) is 2.72. The van der Waals surface area contributed by atoms with Crippen LogP contribution in [0, 0.1) is 0 Å². The smallest absolute Gasteiger partial charge is 0.120 e. The number of nitrogens with zero attached hydrogens (tertiary/aromatic N) is 2. The van der Waals surface area contributed by atoms with E-state index < -0.39 is 0 Å². The molecule has 1 aliphatic rings. The Morgan fingerprint density at radius 1 is 1.35 bits per heavy atom. The maximum absolute atomic E-state index is 6.00. The fourth-order valence-electron chi connectivity index (χ4n) is 2.32. The largest absolute Gasteiger partial charge is 0.490 e. The van der Waals surface area contributed by atoms with Gasteiger partial charge in [0.2, 0.25) is 0 Å². The van der Waals surface area contributed by atoms with Gasteiger partial charge < -0.3 is 10.1 Å². The highest BCUT2D eigenvalue weighted by molar-refractivity contribution is 5.80. The number of fused-ring (bicyclic) bond motifs is 1. The van der Waals surface area contributed by atoms with Crippen LogP contribution in [0.15, 0.2) is 24.4 Å². The zero-order valence-corrected chi connectivity index (χ0v) is 10.0. The Balaban J connectivity index is 1.80. The lowest BCUT2D eigenvalue weighted by Gasteiger charge is -2.23. The number of rotatable bonds is 2. The maximum atomic E-state index is 6.00. The molecule has 3 rings (SSSR count). The van der Waals surface area contributed by atoms with Gasteiger partial charge in [0.15, 0.2) is 0 Å². The van der Waals surface area contributed by atoms with Crippen molar-refractivity contribution in [2.45, 2.75) is 18.9 Å². The molecule has 2 aromatic rings. The lowest BCUT2D eigenvalue weighted by Crippen LogP contribution is -2.34. The van der Waals surface area contributed by atoms with E-state index in [4.69, 9.17) is 4.74 Å². The summed E-state index contributed by atoms with van der Waals surface area (Å²) < 4.78 is 7.87. The van der Waals surface area contributed by atoms with Gasteiger partial charge >= 0.3 is 0 Å². The molecule has 0 unspecified atom stereocenters. The van der Waals surface area contributed by atoms with Gasteiger partial charge in [0, 0.05) is 12.4 Å². The number of aryl methyl sites for hydroxylation is 1. The van der Waals surface area contributed by atoms with E-state index in [1.54, 1.807) is 0 Å². The molecule has 0 aliphatic carbocycles. The first-order valence-corrected chi connectivity index (χ1v) is 6.12. The first kappa shape index (κ1) is 10.6. The van der Waals surface area contributed by atoms with Gasteiger partial charge in [-0.2, -0.15) is 5.10 Å². The van der Waals surface area contributed by atoms with Crippen LogP contribution >= 0.6 is 0 Å². The van der Waals surface area contributed by atoms with Crippen LogP contribution in [0.2, 0.25) is 0 Å². The molecule has 1 saturated heterocycles. The summed E-state index contributed by atoms with van der Waals surface area (Å²) in [5, 5.41) is 8.71. The number of ether oxygens (including phenoxy) is 1. The second-order valence-electron chi connectivity index (χ2n) is 4.56. The third-order valence-electron chi connectivity index (χ3n) is 3.31. The summed E-state index contributed by atoms with van der Waals surface area (Å²) in [4.78, 5) is 0. The van der Waals surface area contributed by atoms with Crippen molar-refractivity contribution < 1.29 is 4.74 Å². The molecule has 0 spiro atoms. The summed E-state index contributed by atoms with van der Waals surface area (Å²) in [7, 11) is 1.95. The van der Waals surface area contributed by atoms with Gasteiger partial charge in [0.05, 0.1) is 11.7 Å². The van der Waals surface area contributed by atoms with E-state index in [0.717, 1.165) is 42.6 Å². The van der Waals surface area contributed by atoms with Gasteiger partial charge in [-0.25, -0.2) is 0 Å². The highest BCUT2D eigenvalue weighted by Crippen LogP contribution is 2.22. The number of nitrogens with one attached hydrogen (secondary N) is 1. The van der Waals surface area contributed by atoms with Crippen LogP contribution in [0.4, 0.5) is 0 Å². The highest BCUT2D eigenvalue weighted by atomic mass is 16.5. The minimum absolute atomic E-state index is 0.352. The van der Waals surface area contributed by atoms with Crippen LogP contribution in [-0.4, -0.2) is 29.0 Å². The Morgan fingerprint density at radius 2 is 2.18 bits per heavy atom. The van der Waals surface area contributed by atoms with Crippen LogP contribution in [0.1, 0.15) is 12.8 Å². The summed E-state index contributed by atoms with van der Waals surface area (Å²) in [6.45, 7) is 2.11. The van der Waals surface area contributed by atoms with Crippen LogP contribution in [0.3, 0.4) is 0 Å². The molecule has 1 fully saturated rings. The molecule has 17 heavy (non-hydrogen) atoms. The quantitative estimate of drug-likeness (QED) is 0.855. The van der Waals surface area contributed by atoms with Gasteiger partial charge in [-0.15, -0.1) is 0 Å². The second-order valence-corrected chi connectivity index (χ2v) is 4.56. The molecule has 0 amide bonds. The van der Waals surface area contributed by atoms with Crippen molar-refractivity contribution in [1.29, 1.82) is 0 Å². The molecular weight excluding hydrogens is 214 g/mol. The molecule has 1 aromatic heterocycles. The fraction of sp³-hybridized carbons (Fsp3) is 0.462. The minimum atomic E-state index is 0.352. The fourth-order valence-corrected chi connectivity index (χ4v) is 2.32. The van der Waals surface area contributed by atoms with Gasteiger partial charge in [-0.3, -0.25) is 4.68 Å². The third kappa shape index (κ3) is 2.13. The van der Waals surface area contributed by atoms with Crippen LogP contribution < -0.4 is 10.1 Å². The van der Waals surface area contributed by atoms with E-state index in [-0.39, 0.29) is 0 Å². The topological polar surface area (TPSA) is 39.1 Å². The van der Waals surface area contributed by atoms with Gasteiger partial charge in [0.25, 0.3) is 0 Å². The summed E-state index contributed by atoms with van der Waals surface area (Å²) >= 11 is 0. The van der Waals surface area contributed by atoms with Gasteiger partial charge in [-0.05, 0) is 44.1 Å². The van der Waals surface area contributed by atoms with Crippen molar-refractivity contribution in [1.82, 2.24) is 15.1 Å². The maximum Gasteiger partial charge on any atom is 0.120 e. The molecule has 4 heteroatoms. The van der Waals surface area contributed by atoms with E-state index >= 15 is 0 Å². The number of benzene rings is 1. The minimum Gasteiger partial charge on any atom is -0.490 e. The summed E-state index contributed by atoms with van der Waals surface area (Å²) in [6, 6.07) is 6.18.